The van der Waals surface area contributed by atoms with E-state index in [1.54, 1.807) is 11.3 Å². The van der Waals surface area contributed by atoms with Gasteiger partial charge in [0.25, 0.3) is 0 Å². The minimum atomic E-state index is -2.41. The lowest BCUT2D eigenvalue weighted by molar-refractivity contribution is -0.154. The number of carbonyl (C=O) groups excluding carboxylic acids is 2. The molecule has 286 valence electrons. The lowest BCUT2D eigenvalue weighted by Gasteiger charge is -2.46. The smallest absolute Gasteiger partial charge is 0.309 e. The molecule has 0 bridgehead atoms. The predicted molar refractivity (Wildman–Crippen MR) is 222 cm³/mol. The summed E-state index contributed by atoms with van der Waals surface area (Å²) in [7, 11) is -4.62. The first kappa shape index (κ1) is 44.2. The predicted octanol–water partition coefficient (Wildman–Crippen LogP) is 12.1. The summed E-state index contributed by atoms with van der Waals surface area (Å²) in [6.45, 7) is 34.6. The van der Waals surface area contributed by atoms with Crippen molar-refractivity contribution in [2.75, 3.05) is 0 Å². The number of nitrogens with zero attached hydrogens (tertiary/aromatic N) is 1. The Hall–Kier alpha value is -0.176. The van der Waals surface area contributed by atoms with Gasteiger partial charge in [0.15, 0.2) is 16.6 Å². The van der Waals surface area contributed by atoms with Crippen LogP contribution in [0.5, 0.6) is 0 Å². The topological polar surface area (TPSA) is 74.7 Å². The monoisotopic (exact) mass is 875 g/mol. The second-order valence-corrected chi connectivity index (χ2v) is 33.2. The standard InChI is InChI=1S/C39H67Br2NO5SSi2/c1-24-18-17-19-29-30(39(29,40)41)21-31(25(2)20-28-23-48-27(4)42-28)45-33(43)22-32(46-49(13,14)36(5,6)7)38(11,12)35(44)26(3)34(24)47-50(15,16)37(8,9)10/h20,23-24,26,29-32,34H,17-19,21-22H2,1-16H3/b25-20+/t24-,26+,29+,30-,31-,32-,34-/m0/s1. The lowest BCUT2D eigenvalue weighted by atomic mass is 9.73. The number of Topliss-reactive ketones (excluding diaryl/α,β-unsaturated/α-hetero) is 1. The number of fused-ring (bicyclic) bond motifs is 1. The molecule has 3 rings (SSSR count). The fraction of sp³-hybridized carbons (Fsp3) is 0.821. The summed E-state index contributed by atoms with van der Waals surface area (Å²) >= 11 is 9.62. The van der Waals surface area contributed by atoms with E-state index in [4.69, 9.17) is 13.6 Å². The zero-order valence-corrected chi connectivity index (χ0v) is 39.9. The van der Waals surface area contributed by atoms with Gasteiger partial charge >= 0.3 is 5.97 Å². The van der Waals surface area contributed by atoms with Gasteiger partial charge in [-0.1, -0.05) is 108 Å². The number of alkyl halides is 2. The minimum Gasteiger partial charge on any atom is -0.458 e. The van der Waals surface area contributed by atoms with Gasteiger partial charge in [-0.3, -0.25) is 9.59 Å². The molecule has 0 aromatic carbocycles. The Morgan fingerprint density at radius 2 is 1.54 bits per heavy atom. The van der Waals surface area contributed by atoms with Gasteiger partial charge in [-0.15, -0.1) is 11.3 Å². The highest BCUT2D eigenvalue weighted by Gasteiger charge is 2.61. The number of thiazole rings is 1. The third-order valence-electron chi connectivity index (χ3n) is 12.5. The number of rotatable bonds is 6. The number of ether oxygens (including phenoxy) is 1. The molecule has 0 N–H and O–H groups in total. The van der Waals surface area contributed by atoms with Gasteiger partial charge in [0.05, 0.1) is 32.6 Å². The van der Waals surface area contributed by atoms with Crippen LogP contribution in [0.4, 0.5) is 0 Å². The van der Waals surface area contributed by atoms with Crippen LogP contribution in [0, 0.1) is 36.0 Å². The van der Waals surface area contributed by atoms with E-state index in [1.807, 2.05) is 46.1 Å². The number of aryl methyl sites for hydroxylation is 1. The molecule has 7 atom stereocenters. The Kier molecular flexibility index (Phi) is 14.1. The maximum absolute atomic E-state index is 14.9. The summed E-state index contributed by atoms with van der Waals surface area (Å²) in [6.07, 6.45) is 4.48. The SMILES string of the molecule is C/C(=C\c1csc(C)n1)[C@@H]1C[C@H]2[C@@H](CCC[C@H](C)[C@H](O[Si](C)(C)C(C)(C)C)[C@@H](C)C(=O)C(C)(C)[C@@H](O[Si](C)(C)C(C)(C)C)CC(=O)O1)C2(Br)Br. The van der Waals surface area contributed by atoms with Crippen LogP contribution in [0.1, 0.15) is 119 Å². The fourth-order valence-corrected chi connectivity index (χ4v) is 12.1. The van der Waals surface area contributed by atoms with Crippen LogP contribution in [-0.2, 0) is 23.2 Å². The average molecular weight is 878 g/mol. The second-order valence-electron chi connectivity index (χ2n) is 19.0. The number of hydrogen-bond acceptors (Lipinski definition) is 7. The van der Waals surface area contributed by atoms with E-state index in [0.717, 1.165) is 35.5 Å². The first-order valence-corrected chi connectivity index (χ1v) is 26.9. The van der Waals surface area contributed by atoms with Crippen LogP contribution in [0.15, 0.2) is 11.0 Å². The number of aromatic nitrogens is 1. The van der Waals surface area contributed by atoms with Crippen molar-refractivity contribution in [3.8, 4) is 0 Å². The first-order valence-electron chi connectivity index (χ1n) is 18.6. The zero-order chi connectivity index (χ0) is 38.4. The molecule has 11 heteroatoms. The summed E-state index contributed by atoms with van der Waals surface area (Å²) < 4.78 is 20.5. The molecular weight excluding hydrogens is 810 g/mol. The van der Waals surface area contributed by atoms with Crippen molar-refractivity contribution < 1.29 is 23.2 Å². The molecule has 6 nitrogen and oxygen atoms in total. The van der Waals surface area contributed by atoms with Crippen molar-refractivity contribution in [2.24, 2.45) is 29.1 Å². The third kappa shape index (κ3) is 10.3. The quantitative estimate of drug-likeness (QED) is 0.161. The highest BCUT2D eigenvalue weighted by atomic mass is 79.9. The van der Waals surface area contributed by atoms with E-state index in [1.165, 1.54) is 0 Å². The van der Waals surface area contributed by atoms with Gasteiger partial charge in [-0.25, -0.2) is 4.98 Å². The number of carbonyl (C=O) groups is 2. The third-order valence-corrected chi connectivity index (χ3v) is 24.6. The summed E-state index contributed by atoms with van der Waals surface area (Å²) in [5.74, 6) is 0.253. The normalized spacial score (nSPS) is 30.8. The molecule has 0 unspecified atom stereocenters. The molecule has 50 heavy (non-hydrogen) atoms. The van der Waals surface area contributed by atoms with E-state index >= 15 is 0 Å². The fourth-order valence-electron chi connectivity index (χ4n) is 6.79. The van der Waals surface area contributed by atoms with E-state index in [-0.39, 0.29) is 49.4 Å². The van der Waals surface area contributed by atoms with Gasteiger partial charge in [0.2, 0.25) is 0 Å². The molecule has 0 spiro atoms. The first-order chi connectivity index (χ1) is 22.5. The van der Waals surface area contributed by atoms with Crippen LogP contribution in [0.25, 0.3) is 6.08 Å². The number of hydrogen-bond donors (Lipinski definition) is 0. The van der Waals surface area contributed by atoms with Crippen molar-refractivity contribution >= 4 is 77.7 Å². The van der Waals surface area contributed by atoms with E-state index in [2.05, 4.69) is 111 Å². The van der Waals surface area contributed by atoms with Gasteiger partial charge < -0.3 is 13.6 Å². The average Bonchev–Trinajstić information content (AvgIpc) is 3.22. The minimum absolute atomic E-state index is 0.00271. The Morgan fingerprint density at radius 3 is 2.06 bits per heavy atom. The number of esters is 1. The summed E-state index contributed by atoms with van der Waals surface area (Å²) in [6, 6.07) is 0. The largest absolute Gasteiger partial charge is 0.458 e. The second kappa shape index (κ2) is 15.9. The van der Waals surface area contributed by atoms with Crippen LogP contribution in [0.2, 0.25) is 36.3 Å². The zero-order valence-electron chi connectivity index (χ0n) is 33.9. The molecule has 2 fully saturated rings. The Labute approximate surface area is 327 Å². The van der Waals surface area contributed by atoms with Crippen molar-refractivity contribution in [3.05, 3.63) is 21.7 Å². The van der Waals surface area contributed by atoms with Crippen LogP contribution < -0.4 is 0 Å². The van der Waals surface area contributed by atoms with Crippen molar-refractivity contribution in [2.45, 2.75) is 173 Å². The number of ketones is 1. The van der Waals surface area contributed by atoms with Crippen LogP contribution >= 0.6 is 43.2 Å². The maximum Gasteiger partial charge on any atom is 0.309 e. The molecule has 2 heterocycles. The van der Waals surface area contributed by atoms with E-state index in [9.17, 15) is 9.59 Å². The Balaban J connectivity index is 2.11. The maximum atomic E-state index is 14.9. The molecule has 0 radical (unpaired) electrons. The summed E-state index contributed by atoms with van der Waals surface area (Å²) in [5, 5.41) is 2.94. The molecular formula is C39H67Br2NO5SSi2. The Bertz CT molecular complexity index is 1390. The number of cyclic esters (lactones) is 1. The molecule has 1 aromatic heterocycles. The molecule has 1 aromatic rings. The lowest BCUT2D eigenvalue weighted by Crippen LogP contribution is -2.54. The molecule has 1 saturated heterocycles. The molecule has 2 aliphatic rings. The van der Waals surface area contributed by atoms with Gasteiger partial charge in [0.1, 0.15) is 11.9 Å². The van der Waals surface area contributed by atoms with Gasteiger partial charge in [0, 0.05) is 16.7 Å². The Morgan fingerprint density at radius 1 is 0.980 bits per heavy atom. The molecule has 1 saturated carbocycles. The highest BCUT2D eigenvalue weighted by Crippen LogP contribution is 2.66. The van der Waals surface area contributed by atoms with Gasteiger partial charge in [-0.05, 0) is 98.8 Å². The highest BCUT2D eigenvalue weighted by molar-refractivity contribution is 9.25. The van der Waals surface area contributed by atoms with Crippen LogP contribution in [-0.4, -0.2) is 54.9 Å². The summed E-state index contributed by atoms with van der Waals surface area (Å²) in [5.41, 5.74) is 0.893. The molecule has 1 aliphatic carbocycles. The number of halogens is 2. The van der Waals surface area contributed by atoms with E-state index in [0.29, 0.717) is 18.3 Å². The van der Waals surface area contributed by atoms with Crippen molar-refractivity contribution in [1.29, 1.82) is 0 Å². The van der Waals surface area contributed by atoms with Crippen molar-refractivity contribution in [3.63, 3.8) is 0 Å². The van der Waals surface area contributed by atoms with E-state index < -0.39 is 34.3 Å². The molecule has 1 aliphatic heterocycles. The molecule has 0 amide bonds. The van der Waals surface area contributed by atoms with Crippen LogP contribution in [0.3, 0.4) is 0 Å². The van der Waals surface area contributed by atoms with Crippen molar-refractivity contribution in [1.82, 2.24) is 4.98 Å². The van der Waals surface area contributed by atoms with Gasteiger partial charge in [-0.2, -0.15) is 0 Å². The summed E-state index contributed by atoms with van der Waals surface area (Å²) in [4.78, 5) is 33.7.